The average molecular weight is 923 g/mol. The third kappa shape index (κ3) is 19.1. The number of hydrogen-bond acceptors (Lipinski definition) is 11. The van der Waals surface area contributed by atoms with Gasteiger partial charge in [-0.3, -0.25) is 33.6 Å². The van der Waals surface area contributed by atoms with Gasteiger partial charge in [0.1, 0.15) is 29.6 Å². The van der Waals surface area contributed by atoms with Crippen LogP contribution in [0.5, 0.6) is 11.5 Å². The maximum Gasteiger partial charge on any atom is 0.326 e. The SMILES string of the molecule is C[C@@H](NC(=O)CNC(=O)C[C@H](Cc1ccccc1)NC(=O)C[C@H](Cc1ccccc1)NC(=O)CNC(=O)[C@@H](C)NC(=O)[C@@H](N)Cc1ccc(O)cc1)C(=O)N[C@@H](Cc1ccc(O)cc1)C(=O)O. The predicted molar refractivity (Wildman–Crippen MR) is 246 cm³/mol. The van der Waals surface area contributed by atoms with Crippen LogP contribution in [0, 0.1) is 0 Å². The fraction of sp³-hybridized carbons (Fsp3) is 0.333. The van der Waals surface area contributed by atoms with Crippen molar-refractivity contribution in [2.45, 2.75) is 88.6 Å². The van der Waals surface area contributed by atoms with E-state index in [-0.39, 0.29) is 50.0 Å². The number of phenols is 2. The van der Waals surface area contributed by atoms with Crippen LogP contribution in [-0.2, 0) is 64.0 Å². The number of aliphatic carboxylic acids is 1. The normalized spacial score (nSPS) is 13.5. The van der Waals surface area contributed by atoms with Crippen LogP contribution in [0.4, 0.5) is 0 Å². The number of rotatable bonds is 25. The summed E-state index contributed by atoms with van der Waals surface area (Å²) in [5, 5.41) is 46.6. The van der Waals surface area contributed by atoms with Crippen molar-refractivity contribution >= 4 is 47.3 Å². The zero-order chi connectivity index (χ0) is 48.9. The number of amides is 7. The van der Waals surface area contributed by atoms with Gasteiger partial charge in [0.25, 0.3) is 0 Å². The first-order chi connectivity index (χ1) is 31.9. The van der Waals surface area contributed by atoms with Gasteiger partial charge >= 0.3 is 5.97 Å². The fourth-order valence-electron chi connectivity index (χ4n) is 6.82. The molecule has 0 saturated heterocycles. The summed E-state index contributed by atoms with van der Waals surface area (Å²) in [6.07, 6.45) is 0.0889. The van der Waals surface area contributed by atoms with E-state index in [2.05, 4.69) is 37.2 Å². The Morgan fingerprint density at radius 3 is 1.42 bits per heavy atom. The number of nitrogens with one attached hydrogen (secondary N) is 7. The Kier molecular flexibility index (Phi) is 20.3. The number of carbonyl (C=O) groups excluding carboxylic acids is 7. The van der Waals surface area contributed by atoms with Crippen molar-refractivity contribution in [3.63, 3.8) is 0 Å². The molecule has 0 radical (unpaired) electrons. The highest BCUT2D eigenvalue weighted by molar-refractivity contribution is 5.93. The minimum atomic E-state index is -1.32. The molecule has 0 spiro atoms. The quantitative estimate of drug-likeness (QED) is 0.0427. The number of carboxylic acids is 1. The van der Waals surface area contributed by atoms with Gasteiger partial charge in [0.05, 0.1) is 19.1 Å². The van der Waals surface area contributed by atoms with Gasteiger partial charge in [0, 0.05) is 31.3 Å². The topological polar surface area (TPSA) is 307 Å². The number of carbonyl (C=O) groups is 8. The minimum Gasteiger partial charge on any atom is -0.508 e. The standard InChI is InChI=1S/C48H58N8O11/c1-29(53-47(65)39(49)23-33-13-17-37(57)18-14-33)45(63)51-28-44(62)55-36(22-32-11-7-4-8-12-32)26-42(60)54-35(21-31-9-5-3-6-10-31)25-41(59)50-27-43(61)52-30(2)46(64)56-40(48(66)67)24-34-15-19-38(58)20-16-34/h3-20,29-30,35-36,39-40,57-58H,21-28,49H2,1-2H3,(H,50,59)(H,51,63)(H,52,61)(H,53,65)(H,54,60)(H,55,62)(H,56,64)(H,66,67)/t29-,30-,35+,36+,39+,40+/m1/s1. The predicted octanol–water partition coefficient (Wildman–Crippen LogP) is 0.257. The van der Waals surface area contributed by atoms with Crippen molar-refractivity contribution in [1.29, 1.82) is 0 Å². The van der Waals surface area contributed by atoms with Gasteiger partial charge < -0.3 is 58.3 Å². The smallest absolute Gasteiger partial charge is 0.326 e. The molecule has 19 nitrogen and oxygen atoms in total. The van der Waals surface area contributed by atoms with Crippen LogP contribution in [0.2, 0.25) is 0 Å². The van der Waals surface area contributed by atoms with E-state index in [9.17, 15) is 53.7 Å². The summed E-state index contributed by atoms with van der Waals surface area (Å²) in [4.78, 5) is 103. The lowest BCUT2D eigenvalue weighted by Gasteiger charge is -2.23. The second kappa shape index (κ2) is 26.2. The molecule has 0 aliphatic heterocycles. The second-order valence-corrected chi connectivity index (χ2v) is 16.1. The highest BCUT2D eigenvalue weighted by Crippen LogP contribution is 2.14. The number of aromatic hydroxyl groups is 2. The Balaban J connectivity index is 1.30. The second-order valence-electron chi connectivity index (χ2n) is 16.1. The van der Waals surface area contributed by atoms with E-state index < -0.39 is 96.7 Å². The largest absolute Gasteiger partial charge is 0.508 e. The highest BCUT2D eigenvalue weighted by atomic mass is 16.4. The summed E-state index contributed by atoms with van der Waals surface area (Å²) in [5.41, 5.74) is 8.89. The van der Waals surface area contributed by atoms with E-state index in [4.69, 9.17) is 5.73 Å². The van der Waals surface area contributed by atoms with Gasteiger partial charge in [-0.05, 0) is 79.6 Å². The van der Waals surface area contributed by atoms with E-state index in [1.54, 1.807) is 36.4 Å². The van der Waals surface area contributed by atoms with Crippen molar-refractivity contribution in [2.75, 3.05) is 13.1 Å². The van der Waals surface area contributed by atoms with Crippen LogP contribution in [0.3, 0.4) is 0 Å². The van der Waals surface area contributed by atoms with Crippen molar-refractivity contribution in [3.8, 4) is 11.5 Å². The number of phenolic OH excluding ortho intramolecular Hbond substituents is 2. The van der Waals surface area contributed by atoms with E-state index in [1.165, 1.54) is 50.2 Å². The molecule has 19 heteroatoms. The lowest BCUT2D eigenvalue weighted by molar-refractivity contribution is -0.142. The molecule has 7 amide bonds. The molecule has 0 saturated carbocycles. The molecular formula is C48H58N8O11. The molecule has 4 rings (SSSR count). The van der Waals surface area contributed by atoms with E-state index in [1.807, 2.05) is 36.4 Å². The molecule has 4 aromatic rings. The minimum absolute atomic E-state index is 0.00328. The number of benzene rings is 4. The summed E-state index contributed by atoms with van der Waals surface area (Å²) >= 11 is 0. The first-order valence-electron chi connectivity index (χ1n) is 21.6. The Morgan fingerprint density at radius 2 is 0.896 bits per heavy atom. The first-order valence-corrected chi connectivity index (χ1v) is 21.6. The summed E-state index contributed by atoms with van der Waals surface area (Å²) in [6.45, 7) is 1.79. The Morgan fingerprint density at radius 1 is 0.463 bits per heavy atom. The average Bonchev–Trinajstić information content (AvgIpc) is 3.29. The third-order valence-corrected chi connectivity index (χ3v) is 10.4. The maximum atomic E-state index is 13.7. The maximum absolute atomic E-state index is 13.7. The highest BCUT2D eigenvalue weighted by Gasteiger charge is 2.26. The van der Waals surface area contributed by atoms with Crippen LogP contribution >= 0.6 is 0 Å². The van der Waals surface area contributed by atoms with Gasteiger partial charge in [-0.2, -0.15) is 0 Å². The van der Waals surface area contributed by atoms with Gasteiger partial charge in [-0.15, -0.1) is 0 Å². The Labute approximate surface area is 387 Å². The summed E-state index contributed by atoms with van der Waals surface area (Å²) in [7, 11) is 0. The van der Waals surface area contributed by atoms with Crippen LogP contribution in [0.15, 0.2) is 109 Å². The molecule has 0 bridgehead atoms. The molecule has 67 heavy (non-hydrogen) atoms. The number of carboxylic acid groups (broad SMARTS) is 1. The van der Waals surface area contributed by atoms with Gasteiger partial charge in [0.2, 0.25) is 41.4 Å². The zero-order valence-electron chi connectivity index (χ0n) is 37.2. The molecule has 4 aromatic carbocycles. The molecule has 0 aromatic heterocycles. The molecular weight excluding hydrogens is 865 g/mol. The van der Waals surface area contributed by atoms with Gasteiger partial charge in [-0.25, -0.2) is 4.79 Å². The number of hydrogen-bond donors (Lipinski definition) is 11. The van der Waals surface area contributed by atoms with E-state index in [0.29, 0.717) is 11.1 Å². The molecule has 0 aliphatic rings. The molecule has 0 heterocycles. The van der Waals surface area contributed by atoms with Crippen molar-refractivity contribution in [1.82, 2.24) is 37.2 Å². The zero-order valence-corrected chi connectivity index (χ0v) is 37.2. The summed E-state index contributed by atoms with van der Waals surface area (Å²) in [5.74, 6) is -5.68. The lowest BCUT2D eigenvalue weighted by Crippen LogP contribution is -2.52. The van der Waals surface area contributed by atoms with Gasteiger partial charge in [0.15, 0.2) is 0 Å². The van der Waals surface area contributed by atoms with Crippen molar-refractivity contribution in [2.24, 2.45) is 5.73 Å². The van der Waals surface area contributed by atoms with Crippen LogP contribution in [0.25, 0.3) is 0 Å². The number of nitrogens with two attached hydrogens (primary N) is 1. The summed E-state index contributed by atoms with van der Waals surface area (Å²) in [6, 6.07) is 24.1. The summed E-state index contributed by atoms with van der Waals surface area (Å²) < 4.78 is 0. The van der Waals surface area contributed by atoms with Crippen LogP contribution < -0.4 is 43.0 Å². The van der Waals surface area contributed by atoms with Crippen molar-refractivity contribution in [3.05, 3.63) is 131 Å². The Bertz CT molecular complexity index is 2300. The molecule has 6 atom stereocenters. The Hall–Kier alpha value is -7.80. The van der Waals surface area contributed by atoms with Gasteiger partial charge in [-0.1, -0.05) is 84.9 Å². The molecule has 356 valence electrons. The van der Waals surface area contributed by atoms with Crippen molar-refractivity contribution < 1.29 is 53.7 Å². The third-order valence-electron chi connectivity index (χ3n) is 10.4. The first kappa shape index (κ1) is 51.8. The van der Waals surface area contributed by atoms with E-state index in [0.717, 1.165) is 11.1 Å². The molecule has 0 aliphatic carbocycles. The molecule has 0 unspecified atom stereocenters. The fourth-order valence-corrected chi connectivity index (χ4v) is 6.82. The van der Waals surface area contributed by atoms with E-state index >= 15 is 0 Å². The monoisotopic (exact) mass is 922 g/mol. The van der Waals surface area contributed by atoms with Crippen LogP contribution in [0.1, 0.15) is 48.9 Å². The van der Waals surface area contributed by atoms with Crippen LogP contribution in [-0.4, -0.2) is 112 Å². The molecule has 0 fully saturated rings. The molecule has 12 N–H and O–H groups in total. The lowest BCUT2D eigenvalue weighted by atomic mass is 10.0.